The Balaban J connectivity index is 2.06. The van der Waals surface area contributed by atoms with Gasteiger partial charge in [-0.25, -0.2) is 4.98 Å². The molecule has 4 heteroatoms. The summed E-state index contributed by atoms with van der Waals surface area (Å²) < 4.78 is 0. The number of aryl methyl sites for hydroxylation is 1. The number of nitrogens with zero attached hydrogens (tertiary/aromatic N) is 2. The fourth-order valence-electron chi connectivity index (χ4n) is 1.68. The number of rotatable bonds is 1. The first-order chi connectivity index (χ1) is 6.66. The molecule has 78 valence electrons. The molecule has 1 aliphatic heterocycles. The molecule has 1 fully saturated rings. The summed E-state index contributed by atoms with van der Waals surface area (Å²) in [6, 6.07) is 0. The zero-order valence-corrected chi connectivity index (χ0v) is 10.1. The molecule has 0 aliphatic carbocycles. The summed E-state index contributed by atoms with van der Waals surface area (Å²) in [5.74, 6) is 0.633. The smallest absolute Gasteiger partial charge is 0.185 e. The van der Waals surface area contributed by atoms with Gasteiger partial charge in [-0.2, -0.15) is 0 Å². The van der Waals surface area contributed by atoms with Gasteiger partial charge in [0, 0.05) is 18.5 Å². The maximum Gasteiger partial charge on any atom is 0.185 e. The van der Waals surface area contributed by atoms with Crippen LogP contribution in [0, 0.1) is 12.8 Å². The van der Waals surface area contributed by atoms with Crippen LogP contribution >= 0.6 is 22.9 Å². The second kappa shape index (κ2) is 4.07. The highest BCUT2D eigenvalue weighted by atomic mass is 35.5. The summed E-state index contributed by atoms with van der Waals surface area (Å²) in [5.41, 5.74) is 1.11. The first-order valence-electron chi connectivity index (χ1n) is 4.98. The third-order valence-corrected chi connectivity index (χ3v) is 4.33. The zero-order chi connectivity index (χ0) is 10.1. The molecule has 1 aromatic rings. The largest absolute Gasteiger partial charge is 0.347 e. The lowest BCUT2D eigenvalue weighted by molar-refractivity contribution is 0.445. The van der Waals surface area contributed by atoms with E-state index >= 15 is 0 Å². The van der Waals surface area contributed by atoms with Crippen molar-refractivity contribution in [2.24, 2.45) is 5.92 Å². The Bertz CT molecular complexity index is 313. The van der Waals surface area contributed by atoms with Gasteiger partial charge in [0.15, 0.2) is 5.13 Å². The van der Waals surface area contributed by atoms with E-state index in [0.717, 1.165) is 23.9 Å². The molecule has 1 aromatic heterocycles. The molecular formula is C10H15ClN2S. The number of piperidine rings is 1. The van der Waals surface area contributed by atoms with Gasteiger partial charge in [0.2, 0.25) is 0 Å². The third-order valence-electron chi connectivity index (χ3n) is 2.74. The Morgan fingerprint density at radius 1 is 1.64 bits per heavy atom. The van der Waals surface area contributed by atoms with Gasteiger partial charge in [-0.3, -0.25) is 0 Å². The molecule has 0 N–H and O–H groups in total. The Morgan fingerprint density at radius 3 is 3.00 bits per heavy atom. The SMILES string of the molecule is Cc1csc(N2CCC(C)C(Cl)C2)n1. The number of hydrogen-bond acceptors (Lipinski definition) is 3. The molecule has 2 heterocycles. The summed E-state index contributed by atoms with van der Waals surface area (Å²) in [6.07, 6.45) is 1.17. The molecule has 2 unspecified atom stereocenters. The van der Waals surface area contributed by atoms with Gasteiger partial charge in [-0.05, 0) is 19.3 Å². The van der Waals surface area contributed by atoms with E-state index in [2.05, 4.69) is 22.2 Å². The lowest BCUT2D eigenvalue weighted by atomic mass is 9.99. The Morgan fingerprint density at radius 2 is 2.43 bits per heavy atom. The van der Waals surface area contributed by atoms with E-state index in [1.54, 1.807) is 11.3 Å². The molecule has 0 bridgehead atoms. The molecule has 2 rings (SSSR count). The summed E-state index contributed by atoms with van der Waals surface area (Å²) >= 11 is 7.97. The average Bonchev–Trinajstić information content (AvgIpc) is 2.57. The highest BCUT2D eigenvalue weighted by molar-refractivity contribution is 7.13. The minimum Gasteiger partial charge on any atom is -0.347 e. The summed E-state index contributed by atoms with van der Waals surface area (Å²) in [5, 5.41) is 3.49. The fourth-order valence-corrected chi connectivity index (χ4v) is 2.82. The standard InChI is InChI=1S/C10H15ClN2S/c1-7-3-4-13(5-9(7)11)10-12-8(2)6-14-10/h6-7,9H,3-5H2,1-2H3. The van der Waals surface area contributed by atoms with E-state index in [-0.39, 0.29) is 5.38 Å². The minimum atomic E-state index is 0.271. The van der Waals surface area contributed by atoms with Gasteiger partial charge < -0.3 is 4.90 Å². The number of thiazole rings is 1. The van der Waals surface area contributed by atoms with Gasteiger partial charge >= 0.3 is 0 Å². The van der Waals surface area contributed by atoms with Gasteiger partial charge in [0.25, 0.3) is 0 Å². The second-order valence-electron chi connectivity index (χ2n) is 4.00. The van der Waals surface area contributed by atoms with Crippen molar-refractivity contribution in [2.75, 3.05) is 18.0 Å². The van der Waals surface area contributed by atoms with Gasteiger partial charge in [-0.15, -0.1) is 22.9 Å². The van der Waals surface area contributed by atoms with Crippen molar-refractivity contribution in [2.45, 2.75) is 25.6 Å². The normalized spacial score (nSPS) is 28.1. The highest BCUT2D eigenvalue weighted by Gasteiger charge is 2.25. The fraction of sp³-hybridized carbons (Fsp3) is 0.700. The van der Waals surface area contributed by atoms with E-state index in [0.29, 0.717) is 5.92 Å². The first kappa shape index (κ1) is 10.2. The Labute approximate surface area is 93.9 Å². The summed E-state index contributed by atoms with van der Waals surface area (Å²) in [6.45, 7) is 6.29. The van der Waals surface area contributed by atoms with Gasteiger partial charge in [0.05, 0.1) is 11.1 Å². The van der Waals surface area contributed by atoms with Crippen LogP contribution in [0.25, 0.3) is 0 Å². The van der Waals surface area contributed by atoms with E-state index < -0.39 is 0 Å². The maximum absolute atomic E-state index is 6.25. The second-order valence-corrected chi connectivity index (χ2v) is 5.40. The van der Waals surface area contributed by atoms with Gasteiger partial charge in [-0.1, -0.05) is 6.92 Å². The van der Waals surface area contributed by atoms with Crippen molar-refractivity contribution in [1.29, 1.82) is 0 Å². The molecule has 2 nitrogen and oxygen atoms in total. The predicted molar refractivity (Wildman–Crippen MR) is 62.5 cm³/mol. The monoisotopic (exact) mass is 230 g/mol. The Hall–Kier alpha value is -0.280. The molecule has 2 atom stereocenters. The minimum absolute atomic E-state index is 0.271. The van der Waals surface area contributed by atoms with E-state index in [9.17, 15) is 0 Å². The van der Waals surface area contributed by atoms with E-state index in [1.807, 2.05) is 6.92 Å². The maximum atomic E-state index is 6.25. The number of halogens is 1. The lowest BCUT2D eigenvalue weighted by Gasteiger charge is -2.33. The molecule has 1 aliphatic rings. The number of alkyl halides is 1. The van der Waals surface area contributed by atoms with Gasteiger partial charge in [0.1, 0.15) is 0 Å². The molecule has 0 amide bonds. The molecule has 0 spiro atoms. The Kier molecular flexibility index (Phi) is 2.98. The van der Waals surface area contributed by atoms with Crippen molar-refractivity contribution in [1.82, 2.24) is 4.98 Å². The molecule has 0 saturated carbocycles. The number of hydrogen-bond donors (Lipinski definition) is 0. The molecule has 14 heavy (non-hydrogen) atoms. The molecule has 1 saturated heterocycles. The quantitative estimate of drug-likeness (QED) is 0.690. The highest BCUT2D eigenvalue weighted by Crippen LogP contribution is 2.28. The van der Waals surface area contributed by atoms with Crippen LogP contribution in [0.1, 0.15) is 19.0 Å². The van der Waals surface area contributed by atoms with Crippen LogP contribution in [0.2, 0.25) is 0 Å². The van der Waals surface area contributed by atoms with Crippen molar-refractivity contribution in [3.05, 3.63) is 11.1 Å². The molecule has 0 radical (unpaired) electrons. The van der Waals surface area contributed by atoms with Crippen molar-refractivity contribution in [3.63, 3.8) is 0 Å². The van der Waals surface area contributed by atoms with Crippen LogP contribution in [0.15, 0.2) is 5.38 Å². The lowest BCUT2D eigenvalue weighted by Crippen LogP contribution is -2.40. The molecule has 0 aromatic carbocycles. The zero-order valence-electron chi connectivity index (χ0n) is 8.53. The van der Waals surface area contributed by atoms with Crippen molar-refractivity contribution in [3.8, 4) is 0 Å². The molecular weight excluding hydrogens is 216 g/mol. The summed E-state index contributed by atoms with van der Waals surface area (Å²) in [7, 11) is 0. The van der Waals surface area contributed by atoms with Crippen LogP contribution in [0.4, 0.5) is 5.13 Å². The predicted octanol–water partition coefficient (Wildman–Crippen LogP) is 2.91. The van der Waals surface area contributed by atoms with Crippen molar-refractivity contribution < 1.29 is 0 Å². The topological polar surface area (TPSA) is 16.1 Å². The van der Waals surface area contributed by atoms with E-state index in [4.69, 9.17) is 11.6 Å². The van der Waals surface area contributed by atoms with Crippen molar-refractivity contribution >= 4 is 28.1 Å². The first-order valence-corrected chi connectivity index (χ1v) is 6.29. The number of anilines is 1. The number of aromatic nitrogens is 1. The van der Waals surface area contributed by atoms with Crippen LogP contribution < -0.4 is 4.90 Å². The van der Waals surface area contributed by atoms with Crippen LogP contribution in [-0.4, -0.2) is 23.5 Å². The van der Waals surface area contributed by atoms with Crippen LogP contribution in [-0.2, 0) is 0 Å². The third kappa shape index (κ3) is 2.04. The van der Waals surface area contributed by atoms with E-state index in [1.165, 1.54) is 6.42 Å². The van der Waals surface area contributed by atoms with Crippen LogP contribution in [0.3, 0.4) is 0 Å². The summed E-state index contributed by atoms with van der Waals surface area (Å²) in [4.78, 5) is 6.78. The van der Waals surface area contributed by atoms with Crippen LogP contribution in [0.5, 0.6) is 0 Å². The average molecular weight is 231 g/mol.